The van der Waals surface area contributed by atoms with E-state index in [-0.39, 0.29) is 12.6 Å². The number of hydrogen-bond acceptors (Lipinski definition) is 4. The molecule has 2 heterocycles. The molecule has 0 unspecified atom stereocenters. The summed E-state index contributed by atoms with van der Waals surface area (Å²) < 4.78 is 24.4. The minimum absolute atomic E-state index is 0.120. The number of rotatable bonds is 6. The third kappa shape index (κ3) is 4.65. The summed E-state index contributed by atoms with van der Waals surface area (Å²) in [5.74, 6) is 0.557. The second kappa shape index (κ2) is 8.23. The van der Waals surface area contributed by atoms with E-state index < -0.39 is 10.2 Å². The Kier molecular flexibility index (Phi) is 5.49. The maximum Gasteiger partial charge on any atom is 0.323 e. The number of nitrogens with two attached hydrogens (primary N) is 1. The molecule has 8 nitrogen and oxygen atoms in total. The Labute approximate surface area is 174 Å². The van der Waals surface area contributed by atoms with Gasteiger partial charge in [-0.2, -0.15) is 13.1 Å². The van der Waals surface area contributed by atoms with E-state index >= 15 is 0 Å². The van der Waals surface area contributed by atoms with Crippen molar-refractivity contribution in [3.8, 4) is 11.1 Å². The third-order valence-corrected chi connectivity index (χ3v) is 5.42. The number of benzene rings is 2. The smallest absolute Gasteiger partial charge is 0.316 e. The van der Waals surface area contributed by atoms with Gasteiger partial charge in [-0.05, 0) is 28.3 Å². The van der Waals surface area contributed by atoms with Crippen molar-refractivity contribution in [1.29, 1.82) is 0 Å². The predicted molar refractivity (Wildman–Crippen MR) is 114 cm³/mol. The van der Waals surface area contributed by atoms with Crippen LogP contribution >= 0.6 is 0 Å². The van der Waals surface area contributed by atoms with Crippen molar-refractivity contribution >= 4 is 22.1 Å². The molecule has 1 aliphatic rings. The van der Waals surface area contributed by atoms with Gasteiger partial charge in [-0.25, -0.2) is 14.9 Å². The first-order valence-electron chi connectivity index (χ1n) is 9.33. The molecule has 4 rings (SSSR count). The summed E-state index contributed by atoms with van der Waals surface area (Å²) in [7, 11) is -3.74. The van der Waals surface area contributed by atoms with Crippen LogP contribution in [-0.4, -0.2) is 24.3 Å². The van der Waals surface area contributed by atoms with E-state index in [2.05, 4.69) is 15.0 Å². The van der Waals surface area contributed by atoms with Crippen molar-refractivity contribution < 1.29 is 13.2 Å². The van der Waals surface area contributed by atoms with Crippen LogP contribution in [0.2, 0.25) is 0 Å². The number of anilines is 1. The molecule has 30 heavy (non-hydrogen) atoms. The highest BCUT2D eigenvalue weighted by molar-refractivity contribution is 7.87. The largest absolute Gasteiger partial charge is 0.323 e. The summed E-state index contributed by atoms with van der Waals surface area (Å²) in [6, 6.07) is 19.0. The lowest BCUT2D eigenvalue weighted by molar-refractivity contribution is 0.203. The number of aromatic nitrogens is 1. The van der Waals surface area contributed by atoms with E-state index in [0.717, 1.165) is 27.8 Å². The molecule has 3 aromatic rings. The van der Waals surface area contributed by atoms with E-state index in [9.17, 15) is 13.2 Å². The molecule has 0 radical (unpaired) electrons. The summed E-state index contributed by atoms with van der Waals surface area (Å²) in [5.41, 5.74) is 4.68. The van der Waals surface area contributed by atoms with Crippen LogP contribution in [0.3, 0.4) is 0 Å². The van der Waals surface area contributed by atoms with Crippen LogP contribution in [0.4, 0.5) is 10.6 Å². The minimum atomic E-state index is -3.74. The quantitative estimate of drug-likeness (QED) is 0.565. The van der Waals surface area contributed by atoms with Gasteiger partial charge in [-0.15, -0.1) is 0 Å². The van der Waals surface area contributed by atoms with Crippen LogP contribution in [0.5, 0.6) is 0 Å². The monoisotopic (exact) mass is 423 g/mol. The number of pyridine rings is 1. The molecular weight excluding hydrogens is 402 g/mol. The Morgan fingerprint density at radius 2 is 1.77 bits per heavy atom. The van der Waals surface area contributed by atoms with Crippen molar-refractivity contribution in [1.82, 2.24) is 14.6 Å². The van der Waals surface area contributed by atoms with Gasteiger partial charge < -0.3 is 4.90 Å². The number of hydrogen-bond donors (Lipinski definition) is 3. The molecule has 0 saturated heterocycles. The minimum Gasteiger partial charge on any atom is -0.316 e. The molecule has 0 atom stereocenters. The van der Waals surface area contributed by atoms with Crippen LogP contribution in [0.25, 0.3) is 11.1 Å². The molecule has 0 saturated carbocycles. The first kappa shape index (κ1) is 20.0. The maximum absolute atomic E-state index is 12.5. The van der Waals surface area contributed by atoms with Gasteiger partial charge in [0.2, 0.25) is 0 Å². The van der Waals surface area contributed by atoms with Gasteiger partial charge >= 0.3 is 6.03 Å². The normalized spacial score (nSPS) is 13.6. The summed E-state index contributed by atoms with van der Waals surface area (Å²) >= 11 is 0. The molecule has 0 spiro atoms. The van der Waals surface area contributed by atoms with Crippen molar-refractivity contribution in [2.24, 2.45) is 5.14 Å². The first-order valence-corrected chi connectivity index (χ1v) is 10.9. The second-order valence-corrected chi connectivity index (χ2v) is 8.40. The van der Waals surface area contributed by atoms with Gasteiger partial charge in [0, 0.05) is 24.8 Å². The predicted octanol–water partition coefficient (Wildman–Crippen LogP) is 2.59. The zero-order chi connectivity index (χ0) is 21.1. The highest BCUT2D eigenvalue weighted by atomic mass is 32.2. The van der Waals surface area contributed by atoms with E-state index in [1.54, 1.807) is 11.1 Å². The number of urea groups is 1. The molecule has 154 valence electrons. The molecule has 0 aliphatic carbocycles. The Hall–Kier alpha value is -3.27. The fraction of sp³-hybridized carbons (Fsp3) is 0.143. The molecule has 1 aromatic heterocycles. The average molecular weight is 423 g/mol. The van der Waals surface area contributed by atoms with Gasteiger partial charge in [0.1, 0.15) is 5.82 Å². The van der Waals surface area contributed by atoms with Crippen molar-refractivity contribution in [2.75, 3.05) is 5.32 Å². The number of fused-ring (bicyclic) bond motifs is 1. The van der Waals surface area contributed by atoms with E-state index in [1.165, 1.54) is 0 Å². The van der Waals surface area contributed by atoms with Crippen molar-refractivity contribution in [3.63, 3.8) is 0 Å². The van der Waals surface area contributed by atoms with Gasteiger partial charge in [0.25, 0.3) is 10.2 Å². The van der Waals surface area contributed by atoms with Gasteiger partial charge in [0.05, 0.1) is 6.54 Å². The number of carbonyl (C=O) groups excluding carboxylic acids is 1. The lowest BCUT2D eigenvalue weighted by Gasteiger charge is -2.30. The zero-order valence-electron chi connectivity index (χ0n) is 16.1. The average Bonchev–Trinajstić information content (AvgIpc) is 2.73. The summed E-state index contributed by atoms with van der Waals surface area (Å²) in [5, 5.41) is 7.85. The van der Waals surface area contributed by atoms with Crippen LogP contribution in [0, 0.1) is 0 Å². The van der Waals surface area contributed by atoms with Crippen LogP contribution in [-0.2, 0) is 29.8 Å². The number of amides is 2. The van der Waals surface area contributed by atoms with Crippen molar-refractivity contribution in [2.45, 2.75) is 19.6 Å². The Bertz CT molecular complexity index is 1170. The molecule has 1 aliphatic heterocycles. The van der Waals surface area contributed by atoms with E-state index in [4.69, 9.17) is 5.14 Å². The Morgan fingerprint density at radius 3 is 2.47 bits per heavy atom. The molecule has 9 heteroatoms. The number of carbonyl (C=O) groups is 1. The lowest BCUT2D eigenvalue weighted by Crippen LogP contribution is -2.38. The molecule has 2 aromatic carbocycles. The standard InChI is InChI=1S/C21H21N5O3S/c22-30(28,29)24-12-15-6-8-17(9-7-15)18-10-11-23-20-19(18)14-26(21(27)25-20)13-16-4-2-1-3-5-16/h1-11,24H,12-14H2,(H2,22,28,29)(H,23,25,27). The molecule has 2 amide bonds. The zero-order valence-corrected chi connectivity index (χ0v) is 16.9. The van der Waals surface area contributed by atoms with Crippen LogP contribution in [0.15, 0.2) is 66.9 Å². The third-order valence-electron chi connectivity index (χ3n) is 4.88. The van der Waals surface area contributed by atoms with Gasteiger partial charge in [0.15, 0.2) is 0 Å². The lowest BCUT2D eigenvalue weighted by atomic mass is 9.98. The molecule has 4 N–H and O–H groups in total. The number of nitrogens with zero attached hydrogens (tertiary/aromatic N) is 2. The highest BCUT2D eigenvalue weighted by Crippen LogP contribution is 2.32. The topological polar surface area (TPSA) is 117 Å². The maximum atomic E-state index is 12.5. The summed E-state index contributed by atoms with van der Waals surface area (Å²) in [6.45, 7) is 1.06. The van der Waals surface area contributed by atoms with Crippen LogP contribution in [0.1, 0.15) is 16.7 Å². The van der Waals surface area contributed by atoms with Crippen LogP contribution < -0.4 is 15.2 Å². The molecule has 0 fully saturated rings. The summed E-state index contributed by atoms with van der Waals surface area (Å²) in [4.78, 5) is 18.6. The van der Waals surface area contributed by atoms with E-state index in [1.807, 2.05) is 60.7 Å². The highest BCUT2D eigenvalue weighted by Gasteiger charge is 2.26. The Morgan fingerprint density at radius 1 is 1.03 bits per heavy atom. The molecular formula is C21H21N5O3S. The second-order valence-electron chi connectivity index (χ2n) is 7.02. The summed E-state index contributed by atoms with van der Waals surface area (Å²) in [6.07, 6.45) is 1.66. The van der Waals surface area contributed by atoms with E-state index in [0.29, 0.717) is 18.9 Å². The first-order chi connectivity index (χ1) is 14.4. The molecule has 0 bridgehead atoms. The fourth-order valence-electron chi connectivity index (χ4n) is 3.39. The number of nitrogens with one attached hydrogen (secondary N) is 2. The SMILES string of the molecule is NS(=O)(=O)NCc1ccc(-c2ccnc3c2CN(Cc2ccccc2)C(=O)N3)cc1. The Balaban J connectivity index is 1.58. The van der Waals surface area contributed by atoms with Crippen molar-refractivity contribution in [3.05, 3.63) is 83.6 Å². The van der Waals surface area contributed by atoms with Gasteiger partial charge in [-0.3, -0.25) is 5.32 Å². The van der Waals surface area contributed by atoms with Gasteiger partial charge in [-0.1, -0.05) is 54.6 Å². The fourth-order valence-corrected chi connectivity index (χ4v) is 3.76.